The van der Waals surface area contributed by atoms with Gasteiger partial charge in [0, 0.05) is 36.4 Å². The first-order valence-electron chi connectivity index (χ1n) is 9.35. The van der Waals surface area contributed by atoms with Crippen LogP contribution in [0.4, 0.5) is 4.39 Å². The number of amides is 2. The number of benzene rings is 1. The first kappa shape index (κ1) is 20.3. The molecule has 6 nitrogen and oxygen atoms in total. The zero-order valence-corrected chi connectivity index (χ0v) is 16.9. The van der Waals surface area contributed by atoms with Gasteiger partial charge in [0.15, 0.2) is 11.6 Å². The van der Waals surface area contributed by atoms with E-state index in [2.05, 4.69) is 10.3 Å². The van der Waals surface area contributed by atoms with Gasteiger partial charge in [0.05, 0.1) is 24.4 Å². The third-order valence-corrected chi connectivity index (χ3v) is 5.87. The lowest BCUT2D eigenvalue weighted by Crippen LogP contribution is -2.39. The molecule has 28 heavy (non-hydrogen) atoms. The fourth-order valence-corrected chi connectivity index (χ4v) is 4.20. The summed E-state index contributed by atoms with van der Waals surface area (Å²) in [6.07, 6.45) is 2.27. The zero-order chi connectivity index (χ0) is 20.1. The number of likely N-dealkylation sites (tertiary alicyclic amines) is 1. The number of hydrogen-bond acceptors (Lipinski definition) is 5. The molecule has 0 aliphatic carbocycles. The molecule has 2 heterocycles. The minimum Gasteiger partial charge on any atom is -0.494 e. The fraction of sp³-hybridized carbons (Fsp3) is 0.450. The minimum atomic E-state index is -0.541. The van der Waals surface area contributed by atoms with Crippen molar-refractivity contribution < 1.29 is 18.7 Å². The van der Waals surface area contributed by atoms with E-state index < -0.39 is 5.82 Å². The van der Waals surface area contributed by atoms with Gasteiger partial charge in [0.1, 0.15) is 0 Å². The molecule has 1 fully saturated rings. The average Bonchev–Trinajstić information content (AvgIpc) is 3.20. The normalized spacial score (nSPS) is 16.7. The van der Waals surface area contributed by atoms with Crippen molar-refractivity contribution in [3.63, 3.8) is 0 Å². The smallest absolute Gasteiger partial charge is 0.253 e. The number of nitrogens with zero attached hydrogens (tertiary/aromatic N) is 2. The zero-order valence-electron chi connectivity index (χ0n) is 16.0. The Kier molecular flexibility index (Phi) is 6.61. The summed E-state index contributed by atoms with van der Waals surface area (Å²) in [7, 11) is 1.39. The largest absolute Gasteiger partial charge is 0.494 e. The molecular formula is C20H24FN3O3S. The van der Waals surface area contributed by atoms with Crippen LogP contribution in [0.5, 0.6) is 5.75 Å². The van der Waals surface area contributed by atoms with Crippen molar-refractivity contribution in [2.45, 2.75) is 38.6 Å². The lowest BCUT2D eigenvalue weighted by atomic mass is 9.98. The second kappa shape index (κ2) is 9.14. The number of nitrogens with one attached hydrogen (secondary N) is 1. The van der Waals surface area contributed by atoms with E-state index in [9.17, 15) is 14.0 Å². The van der Waals surface area contributed by atoms with E-state index in [-0.39, 0.29) is 23.5 Å². The fourth-order valence-electron chi connectivity index (χ4n) is 3.25. The maximum atomic E-state index is 13.9. The van der Waals surface area contributed by atoms with Crippen molar-refractivity contribution >= 4 is 23.2 Å². The Bertz CT molecular complexity index is 855. The summed E-state index contributed by atoms with van der Waals surface area (Å²) >= 11 is 1.56. The molecule has 2 amide bonds. The van der Waals surface area contributed by atoms with E-state index >= 15 is 0 Å². The first-order chi connectivity index (χ1) is 13.5. The van der Waals surface area contributed by atoms with Crippen molar-refractivity contribution in [3.8, 4) is 5.75 Å². The highest BCUT2D eigenvalue weighted by Crippen LogP contribution is 2.30. The van der Waals surface area contributed by atoms with Crippen LogP contribution in [0, 0.1) is 5.82 Å². The molecule has 1 saturated heterocycles. The van der Waals surface area contributed by atoms with Crippen molar-refractivity contribution in [1.82, 2.24) is 15.2 Å². The second-order valence-corrected chi connectivity index (χ2v) is 7.64. The molecular weight excluding hydrogens is 381 g/mol. The second-order valence-electron chi connectivity index (χ2n) is 6.75. The molecule has 1 aromatic carbocycles. The molecule has 0 spiro atoms. The lowest BCUT2D eigenvalue weighted by molar-refractivity contribution is -0.120. The van der Waals surface area contributed by atoms with E-state index in [4.69, 9.17) is 4.74 Å². The molecule has 150 valence electrons. The summed E-state index contributed by atoms with van der Waals surface area (Å²) in [5.41, 5.74) is 1.16. The Labute approximate surface area is 167 Å². The molecule has 8 heteroatoms. The van der Waals surface area contributed by atoms with E-state index in [0.29, 0.717) is 31.6 Å². The maximum Gasteiger partial charge on any atom is 0.253 e. The highest BCUT2D eigenvalue weighted by atomic mass is 32.1. The highest BCUT2D eigenvalue weighted by Gasteiger charge is 2.27. The van der Waals surface area contributed by atoms with Crippen LogP contribution < -0.4 is 10.1 Å². The summed E-state index contributed by atoms with van der Waals surface area (Å²) in [4.78, 5) is 30.6. The van der Waals surface area contributed by atoms with Gasteiger partial charge in [-0.25, -0.2) is 9.37 Å². The van der Waals surface area contributed by atoms with E-state index in [1.165, 1.54) is 19.2 Å². The summed E-state index contributed by atoms with van der Waals surface area (Å²) in [6, 6.07) is 4.29. The molecule has 0 bridgehead atoms. The lowest BCUT2D eigenvalue weighted by Gasteiger charge is -2.32. The molecule has 1 N–H and O–H groups in total. The van der Waals surface area contributed by atoms with E-state index in [1.54, 1.807) is 22.3 Å². The summed E-state index contributed by atoms with van der Waals surface area (Å²) in [5.74, 6) is -0.450. The van der Waals surface area contributed by atoms with E-state index in [1.807, 2.05) is 12.3 Å². The van der Waals surface area contributed by atoms with Crippen LogP contribution >= 0.6 is 11.3 Å². The minimum absolute atomic E-state index is 0.00397. The van der Waals surface area contributed by atoms with Crippen molar-refractivity contribution in [2.75, 3.05) is 20.2 Å². The van der Waals surface area contributed by atoms with Gasteiger partial charge in [-0.1, -0.05) is 6.92 Å². The third kappa shape index (κ3) is 4.67. The molecule has 1 atom stereocenters. The number of methoxy groups -OCH3 is 1. The van der Waals surface area contributed by atoms with Crippen molar-refractivity contribution in [3.05, 3.63) is 45.7 Å². The number of rotatable bonds is 6. The van der Waals surface area contributed by atoms with Crippen molar-refractivity contribution in [2.24, 2.45) is 0 Å². The maximum absolute atomic E-state index is 13.9. The molecule has 0 unspecified atom stereocenters. The molecule has 1 aliphatic heterocycles. The SMILES string of the molecule is CCC(=O)NCc1csc([C@H]2CCCN(C(=O)c3ccc(OC)c(F)c3)C2)n1. The Morgan fingerprint density at radius 2 is 2.25 bits per heavy atom. The van der Waals surface area contributed by atoms with E-state index in [0.717, 1.165) is 23.5 Å². The Balaban J connectivity index is 1.65. The molecule has 1 aromatic heterocycles. The molecule has 1 aliphatic rings. The summed E-state index contributed by atoms with van der Waals surface area (Å²) < 4.78 is 18.9. The van der Waals surface area contributed by atoms with Crippen molar-refractivity contribution in [1.29, 1.82) is 0 Å². The quantitative estimate of drug-likeness (QED) is 0.800. The highest BCUT2D eigenvalue weighted by molar-refractivity contribution is 7.09. The van der Waals surface area contributed by atoms with Crippen LogP contribution in [0.2, 0.25) is 0 Å². The van der Waals surface area contributed by atoms with Crippen LogP contribution in [-0.2, 0) is 11.3 Å². The number of aromatic nitrogens is 1. The Morgan fingerprint density at radius 1 is 1.43 bits per heavy atom. The average molecular weight is 405 g/mol. The van der Waals surface area contributed by atoms with Gasteiger partial charge in [-0.15, -0.1) is 11.3 Å². The summed E-state index contributed by atoms with van der Waals surface area (Å²) in [6.45, 7) is 3.43. The number of ether oxygens (including phenoxy) is 1. The van der Waals surface area contributed by atoms with Gasteiger partial charge in [-0.05, 0) is 31.0 Å². The van der Waals surface area contributed by atoms with Gasteiger partial charge in [0.2, 0.25) is 5.91 Å². The van der Waals surface area contributed by atoms with Crippen LogP contribution in [0.1, 0.15) is 53.2 Å². The first-order valence-corrected chi connectivity index (χ1v) is 10.2. The van der Waals surface area contributed by atoms with Gasteiger partial charge in [-0.2, -0.15) is 0 Å². The predicted octanol–water partition coefficient (Wildman–Crippen LogP) is 3.34. The number of thiazole rings is 1. The molecule has 2 aromatic rings. The topological polar surface area (TPSA) is 71.5 Å². The Morgan fingerprint density at radius 3 is 2.96 bits per heavy atom. The number of carbonyl (C=O) groups excluding carboxylic acids is 2. The van der Waals surface area contributed by atoms with Crippen LogP contribution in [0.3, 0.4) is 0 Å². The third-order valence-electron chi connectivity index (χ3n) is 4.81. The summed E-state index contributed by atoms with van der Waals surface area (Å²) in [5, 5.41) is 5.74. The number of piperidine rings is 1. The monoisotopic (exact) mass is 405 g/mol. The standard InChI is InChI=1S/C20H24FN3O3S/c1-3-18(25)22-10-15-12-28-19(23-15)14-5-4-8-24(11-14)20(26)13-6-7-17(27-2)16(21)9-13/h6-7,9,12,14H,3-5,8,10-11H2,1-2H3,(H,22,25)/t14-/m0/s1. The number of halogens is 1. The van der Waals surface area contributed by atoms with Gasteiger partial charge < -0.3 is 15.0 Å². The van der Waals surface area contributed by atoms with Crippen LogP contribution in [0.25, 0.3) is 0 Å². The van der Waals surface area contributed by atoms with Crippen LogP contribution in [0.15, 0.2) is 23.6 Å². The predicted molar refractivity (Wildman–Crippen MR) is 105 cm³/mol. The Hall–Kier alpha value is -2.48. The van der Waals surface area contributed by atoms with Crippen LogP contribution in [-0.4, -0.2) is 41.9 Å². The molecule has 3 rings (SSSR count). The van der Waals surface area contributed by atoms with Gasteiger partial charge in [0.25, 0.3) is 5.91 Å². The molecule has 0 saturated carbocycles. The number of carbonyl (C=O) groups is 2. The van der Waals surface area contributed by atoms with Gasteiger partial charge >= 0.3 is 0 Å². The number of hydrogen-bond donors (Lipinski definition) is 1. The van der Waals surface area contributed by atoms with Gasteiger partial charge in [-0.3, -0.25) is 9.59 Å². The molecule has 0 radical (unpaired) electrons.